The lowest BCUT2D eigenvalue weighted by molar-refractivity contribution is -0.132. The zero-order valence-corrected chi connectivity index (χ0v) is 19.9. The lowest BCUT2D eigenvalue weighted by Crippen LogP contribution is -2.29. The van der Waals surface area contributed by atoms with Crippen molar-refractivity contribution < 1.29 is 38.1 Å². The van der Waals surface area contributed by atoms with Crippen LogP contribution in [-0.4, -0.2) is 48.1 Å². The van der Waals surface area contributed by atoms with E-state index in [2.05, 4.69) is 4.98 Å². The maximum absolute atomic E-state index is 15.0. The van der Waals surface area contributed by atoms with E-state index in [9.17, 15) is 19.5 Å². The van der Waals surface area contributed by atoms with E-state index < -0.39 is 35.3 Å². The van der Waals surface area contributed by atoms with Crippen molar-refractivity contribution >= 4 is 39.9 Å². The fourth-order valence-corrected chi connectivity index (χ4v) is 5.15. The van der Waals surface area contributed by atoms with Gasteiger partial charge in [-0.2, -0.15) is 0 Å². The highest BCUT2D eigenvalue weighted by molar-refractivity contribution is 7.17. The number of ether oxygens (including phenoxy) is 3. The molecule has 0 aliphatic carbocycles. The van der Waals surface area contributed by atoms with E-state index in [-0.39, 0.29) is 32.4 Å². The average molecular weight is 510 g/mol. The molecule has 3 aromatic rings. The van der Waals surface area contributed by atoms with Crippen LogP contribution >= 0.6 is 11.3 Å². The van der Waals surface area contributed by atoms with Gasteiger partial charge in [0.15, 0.2) is 16.6 Å². The summed E-state index contributed by atoms with van der Waals surface area (Å²) in [6, 6.07) is 8.85. The largest absolute Gasteiger partial charge is 0.507 e. The number of aliphatic hydroxyl groups excluding tert-OH is 1. The van der Waals surface area contributed by atoms with Crippen molar-refractivity contribution in [3.8, 4) is 11.5 Å². The van der Waals surface area contributed by atoms with Crippen LogP contribution in [0.1, 0.15) is 32.5 Å². The van der Waals surface area contributed by atoms with E-state index >= 15 is 4.39 Å². The minimum Gasteiger partial charge on any atom is -0.507 e. The number of fused-ring (bicyclic) bond motifs is 1. The number of anilines is 1. The summed E-state index contributed by atoms with van der Waals surface area (Å²) < 4.78 is 30.9. The number of methoxy groups -OCH3 is 1. The molecule has 1 atom stereocenters. The predicted octanol–water partition coefficient (Wildman–Crippen LogP) is 3.77. The van der Waals surface area contributed by atoms with Gasteiger partial charge in [-0.15, -0.1) is 0 Å². The molecule has 0 bridgehead atoms. The monoisotopic (exact) mass is 510 g/mol. The number of halogens is 1. The second-order valence-electron chi connectivity index (χ2n) is 7.95. The summed E-state index contributed by atoms with van der Waals surface area (Å²) in [5.74, 6) is -3.08. The Kier molecular flexibility index (Phi) is 5.92. The molecule has 184 valence electrons. The van der Waals surface area contributed by atoms with Crippen LogP contribution in [0.15, 0.2) is 48.0 Å². The number of benzene rings is 2. The quantitative estimate of drug-likeness (QED) is 0.244. The third-order valence-corrected chi connectivity index (χ3v) is 6.96. The summed E-state index contributed by atoms with van der Waals surface area (Å²) >= 11 is 0.832. The van der Waals surface area contributed by atoms with E-state index in [1.807, 2.05) is 0 Å². The second-order valence-corrected chi connectivity index (χ2v) is 8.93. The van der Waals surface area contributed by atoms with Crippen LogP contribution in [0.3, 0.4) is 0 Å². The Morgan fingerprint density at radius 3 is 2.61 bits per heavy atom. The molecule has 5 rings (SSSR count). The molecule has 36 heavy (non-hydrogen) atoms. The molecule has 1 amide bonds. The summed E-state index contributed by atoms with van der Waals surface area (Å²) in [7, 11) is 1.21. The van der Waals surface area contributed by atoms with E-state index in [1.165, 1.54) is 37.4 Å². The van der Waals surface area contributed by atoms with E-state index in [0.717, 1.165) is 16.2 Å². The number of esters is 1. The molecule has 0 radical (unpaired) electrons. The Hall–Kier alpha value is -4.25. The number of amides is 1. The summed E-state index contributed by atoms with van der Waals surface area (Å²) in [6.45, 7) is 2.23. The van der Waals surface area contributed by atoms with Crippen LogP contribution in [-0.2, 0) is 14.3 Å². The molecular weight excluding hydrogens is 491 g/mol. The van der Waals surface area contributed by atoms with Crippen LogP contribution < -0.4 is 14.4 Å². The van der Waals surface area contributed by atoms with Gasteiger partial charge in [-0.3, -0.25) is 14.5 Å². The number of thiazole rings is 1. The number of Topliss-reactive ketones (excluding diaryl/α,β-unsaturated/α-hetero) is 1. The number of nitrogens with zero attached hydrogens (tertiary/aromatic N) is 2. The van der Waals surface area contributed by atoms with Crippen LogP contribution in [0.5, 0.6) is 11.5 Å². The number of aryl methyl sites for hydroxylation is 1. The first-order valence-electron chi connectivity index (χ1n) is 10.8. The molecule has 1 aromatic heterocycles. The lowest BCUT2D eigenvalue weighted by atomic mass is 9.95. The highest BCUT2D eigenvalue weighted by atomic mass is 32.1. The lowest BCUT2D eigenvalue weighted by Gasteiger charge is -2.23. The van der Waals surface area contributed by atoms with E-state index in [1.54, 1.807) is 19.1 Å². The number of carbonyl (C=O) groups is 3. The Morgan fingerprint density at radius 1 is 1.17 bits per heavy atom. The molecule has 0 saturated carbocycles. The van der Waals surface area contributed by atoms with Crippen LogP contribution in [0.2, 0.25) is 0 Å². The SMILES string of the molecule is COC(=O)c1sc(N2C(=O)C(=O)C(=C(O)c3ccc4c(c3)OCCO4)[C@H]2c2ccccc2F)nc1C. The minimum absolute atomic E-state index is 0.00974. The Balaban J connectivity index is 1.70. The molecule has 1 saturated heterocycles. The standard InChI is InChI=1S/C25H19FN2O7S/c1-12-22(24(32)33-2)36-25(27-12)28-19(14-5-3-4-6-15(14)26)18(21(30)23(28)31)20(29)13-7-8-16-17(11-13)35-10-9-34-16/h3-8,11,19,29H,9-10H2,1-2H3/t19-/m1/s1. The van der Waals surface area contributed by atoms with Crippen molar-refractivity contribution in [1.82, 2.24) is 4.98 Å². The Morgan fingerprint density at radius 2 is 1.89 bits per heavy atom. The fourth-order valence-electron chi connectivity index (χ4n) is 4.13. The summed E-state index contributed by atoms with van der Waals surface area (Å²) in [6.07, 6.45) is 0. The van der Waals surface area contributed by atoms with Gasteiger partial charge < -0.3 is 19.3 Å². The van der Waals surface area contributed by atoms with Crippen molar-refractivity contribution in [3.63, 3.8) is 0 Å². The van der Waals surface area contributed by atoms with Gasteiger partial charge in [0.25, 0.3) is 5.78 Å². The van der Waals surface area contributed by atoms with Crippen molar-refractivity contribution in [3.05, 3.63) is 75.6 Å². The van der Waals surface area contributed by atoms with Crippen LogP contribution in [0.4, 0.5) is 9.52 Å². The zero-order chi connectivity index (χ0) is 25.6. The van der Waals surface area contributed by atoms with E-state index in [4.69, 9.17) is 14.2 Å². The third kappa shape index (κ3) is 3.77. The molecular formula is C25H19FN2O7S. The smallest absolute Gasteiger partial charge is 0.350 e. The average Bonchev–Trinajstić information content (AvgIpc) is 3.39. The minimum atomic E-state index is -1.34. The molecule has 2 aliphatic rings. The zero-order valence-electron chi connectivity index (χ0n) is 19.1. The number of aliphatic hydroxyl groups is 1. The predicted molar refractivity (Wildman–Crippen MR) is 127 cm³/mol. The van der Waals surface area contributed by atoms with Gasteiger partial charge in [0.2, 0.25) is 0 Å². The molecule has 1 N–H and O–H groups in total. The second kappa shape index (κ2) is 9.08. The molecule has 0 unspecified atom stereocenters. The topological polar surface area (TPSA) is 115 Å². The van der Waals surface area contributed by atoms with Crippen molar-refractivity contribution in [2.24, 2.45) is 0 Å². The first-order valence-corrected chi connectivity index (χ1v) is 11.6. The highest BCUT2D eigenvalue weighted by Gasteiger charge is 2.49. The van der Waals surface area contributed by atoms with Gasteiger partial charge in [0.05, 0.1) is 18.4 Å². The molecule has 0 spiro atoms. The fraction of sp³-hybridized carbons (Fsp3) is 0.200. The summed E-state index contributed by atoms with van der Waals surface area (Å²) in [5.41, 5.74) is 0.115. The first kappa shape index (κ1) is 23.5. The molecule has 9 nitrogen and oxygen atoms in total. The molecule has 2 aliphatic heterocycles. The molecule has 2 aromatic carbocycles. The van der Waals surface area contributed by atoms with Gasteiger partial charge in [0.1, 0.15) is 35.7 Å². The number of ketones is 1. The Labute approximate surface area is 208 Å². The van der Waals surface area contributed by atoms with Gasteiger partial charge >= 0.3 is 11.9 Å². The maximum Gasteiger partial charge on any atom is 0.350 e. The van der Waals surface area contributed by atoms with Crippen LogP contribution in [0.25, 0.3) is 5.76 Å². The number of hydrogen-bond acceptors (Lipinski definition) is 9. The highest BCUT2D eigenvalue weighted by Crippen LogP contribution is 2.45. The molecule has 1 fully saturated rings. The van der Waals surface area contributed by atoms with Gasteiger partial charge in [-0.25, -0.2) is 14.2 Å². The first-order chi connectivity index (χ1) is 17.3. The number of rotatable bonds is 4. The van der Waals surface area contributed by atoms with Gasteiger partial charge in [0, 0.05) is 11.1 Å². The van der Waals surface area contributed by atoms with Gasteiger partial charge in [-0.05, 0) is 31.2 Å². The number of aromatic nitrogens is 1. The normalized spacial score (nSPS) is 18.4. The van der Waals surface area contributed by atoms with Crippen LogP contribution in [0, 0.1) is 12.7 Å². The Bertz CT molecular complexity index is 1450. The molecule has 3 heterocycles. The molecule has 11 heteroatoms. The van der Waals surface area contributed by atoms with E-state index in [0.29, 0.717) is 24.7 Å². The summed E-state index contributed by atoms with van der Waals surface area (Å²) in [4.78, 5) is 44.1. The number of hydrogen-bond donors (Lipinski definition) is 1. The number of carbonyl (C=O) groups excluding carboxylic acids is 3. The van der Waals surface area contributed by atoms with Crippen molar-refractivity contribution in [2.45, 2.75) is 13.0 Å². The van der Waals surface area contributed by atoms with Gasteiger partial charge in [-0.1, -0.05) is 29.5 Å². The van der Waals surface area contributed by atoms with Crippen molar-refractivity contribution in [1.29, 1.82) is 0 Å². The third-order valence-electron chi connectivity index (χ3n) is 5.82. The van der Waals surface area contributed by atoms with Crippen molar-refractivity contribution in [2.75, 3.05) is 25.2 Å². The maximum atomic E-state index is 15.0. The summed E-state index contributed by atoms with van der Waals surface area (Å²) in [5, 5.41) is 11.2.